The number of likely N-dealkylation sites (N-methyl/N-ethyl adjacent to an activating group) is 1. The predicted molar refractivity (Wildman–Crippen MR) is 70.7 cm³/mol. The summed E-state index contributed by atoms with van der Waals surface area (Å²) in [7, 11) is 1.77. The summed E-state index contributed by atoms with van der Waals surface area (Å²) in [6, 6.07) is 6.19. The maximum Gasteiger partial charge on any atom is 0.234 e. The number of hydrogen-bond donors (Lipinski definition) is 2. The van der Waals surface area contributed by atoms with Crippen LogP contribution in [0.1, 0.15) is 30.0 Å². The fraction of sp³-hybridized carbons (Fsp3) is 0.500. The molecule has 0 aliphatic carbocycles. The Kier molecular flexibility index (Phi) is 4.20. The second-order valence-corrected chi connectivity index (χ2v) is 4.68. The number of hydrogen-bond acceptors (Lipinski definition) is 3. The first-order chi connectivity index (χ1) is 8.70. The van der Waals surface area contributed by atoms with Crippen molar-refractivity contribution in [2.45, 2.75) is 25.8 Å². The molecule has 1 heterocycles. The van der Waals surface area contributed by atoms with Crippen LogP contribution in [0.4, 0.5) is 0 Å². The lowest BCUT2D eigenvalue weighted by atomic mass is 10.00. The van der Waals surface area contributed by atoms with Crippen LogP contribution in [0.15, 0.2) is 18.2 Å². The van der Waals surface area contributed by atoms with Gasteiger partial charge in [0.2, 0.25) is 5.91 Å². The molecule has 18 heavy (non-hydrogen) atoms. The molecule has 0 saturated carbocycles. The summed E-state index contributed by atoms with van der Waals surface area (Å²) in [6.45, 7) is 3.12. The molecule has 1 aliphatic rings. The zero-order chi connectivity index (χ0) is 13.0. The molecule has 1 aromatic rings. The second-order valence-electron chi connectivity index (χ2n) is 4.68. The topological polar surface area (TPSA) is 50.4 Å². The van der Waals surface area contributed by atoms with Crippen LogP contribution < -0.4 is 15.4 Å². The summed E-state index contributed by atoms with van der Waals surface area (Å²) < 4.78 is 5.71. The third-order valence-electron chi connectivity index (χ3n) is 3.11. The quantitative estimate of drug-likeness (QED) is 0.853. The van der Waals surface area contributed by atoms with E-state index in [1.807, 2.05) is 12.1 Å². The molecule has 1 atom stereocenters. The van der Waals surface area contributed by atoms with Crippen LogP contribution in [0.25, 0.3) is 0 Å². The van der Waals surface area contributed by atoms with Crippen LogP contribution >= 0.6 is 0 Å². The molecule has 0 saturated heterocycles. The fourth-order valence-electron chi connectivity index (χ4n) is 2.25. The van der Waals surface area contributed by atoms with E-state index >= 15 is 0 Å². The van der Waals surface area contributed by atoms with Gasteiger partial charge >= 0.3 is 0 Å². The van der Waals surface area contributed by atoms with E-state index in [0.29, 0.717) is 13.2 Å². The molecule has 2 N–H and O–H groups in total. The number of amides is 1. The highest BCUT2D eigenvalue weighted by atomic mass is 16.5. The number of aryl methyl sites for hydroxylation is 1. The summed E-state index contributed by atoms with van der Waals surface area (Å²) in [5.74, 6) is 0.921. The van der Waals surface area contributed by atoms with Crippen molar-refractivity contribution in [3.05, 3.63) is 29.3 Å². The first-order valence-electron chi connectivity index (χ1n) is 6.38. The maximum atomic E-state index is 11.7. The summed E-state index contributed by atoms with van der Waals surface area (Å²) in [6.07, 6.45) is 1.88. The van der Waals surface area contributed by atoms with Crippen LogP contribution in [0.2, 0.25) is 0 Å². The Morgan fingerprint density at radius 3 is 3.11 bits per heavy atom. The molecule has 4 nitrogen and oxygen atoms in total. The standard InChI is InChI=1S/C14H20N2O2/c1-10-5-6-13-11(8-10)12(4-3-7-18-13)16-14(17)9-15-2/h5-6,8,12,15H,3-4,7,9H2,1-2H3,(H,16,17). The minimum atomic E-state index is 0.0249. The number of nitrogens with one attached hydrogen (secondary N) is 2. The average Bonchev–Trinajstić information content (AvgIpc) is 2.52. The Labute approximate surface area is 108 Å². The van der Waals surface area contributed by atoms with Gasteiger partial charge in [-0.15, -0.1) is 0 Å². The third-order valence-corrected chi connectivity index (χ3v) is 3.11. The Morgan fingerprint density at radius 2 is 2.33 bits per heavy atom. The highest BCUT2D eigenvalue weighted by Crippen LogP contribution is 2.32. The molecule has 1 unspecified atom stereocenters. The minimum absolute atomic E-state index is 0.0249. The number of rotatable bonds is 3. The highest BCUT2D eigenvalue weighted by molar-refractivity contribution is 5.78. The third kappa shape index (κ3) is 3.01. The first kappa shape index (κ1) is 12.9. The van der Waals surface area contributed by atoms with E-state index in [0.717, 1.165) is 24.2 Å². The van der Waals surface area contributed by atoms with Crippen LogP contribution in [-0.2, 0) is 4.79 Å². The van der Waals surface area contributed by atoms with Crippen molar-refractivity contribution < 1.29 is 9.53 Å². The van der Waals surface area contributed by atoms with E-state index in [9.17, 15) is 4.79 Å². The van der Waals surface area contributed by atoms with Crippen molar-refractivity contribution in [3.63, 3.8) is 0 Å². The van der Waals surface area contributed by atoms with Gasteiger partial charge in [-0.25, -0.2) is 0 Å². The van der Waals surface area contributed by atoms with E-state index < -0.39 is 0 Å². The molecule has 0 bridgehead atoms. The molecule has 4 heteroatoms. The number of benzene rings is 1. The molecular formula is C14H20N2O2. The molecule has 0 spiro atoms. The lowest BCUT2D eigenvalue weighted by Gasteiger charge is -2.18. The molecule has 0 aromatic heterocycles. The summed E-state index contributed by atoms with van der Waals surface area (Å²) in [5.41, 5.74) is 2.28. The Balaban J connectivity index is 2.20. The zero-order valence-corrected chi connectivity index (χ0v) is 11.0. The number of ether oxygens (including phenoxy) is 1. The lowest BCUT2D eigenvalue weighted by molar-refractivity contribution is -0.120. The van der Waals surface area contributed by atoms with Gasteiger partial charge in [0.15, 0.2) is 0 Å². The van der Waals surface area contributed by atoms with E-state index in [1.165, 1.54) is 5.56 Å². The summed E-state index contributed by atoms with van der Waals surface area (Å²) in [5, 5.41) is 5.93. The summed E-state index contributed by atoms with van der Waals surface area (Å²) >= 11 is 0. The van der Waals surface area contributed by atoms with Crippen LogP contribution in [-0.4, -0.2) is 26.1 Å². The zero-order valence-electron chi connectivity index (χ0n) is 11.0. The van der Waals surface area contributed by atoms with Gasteiger partial charge in [-0.05, 0) is 32.9 Å². The van der Waals surface area contributed by atoms with Gasteiger partial charge in [0.1, 0.15) is 5.75 Å². The van der Waals surface area contributed by atoms with Crippen LogP contribution in [0, 0.1) is 6.92 Å². The van der Waals surface area contributed by atoms with Gasteiger partial charge < -0.3 is 15.4 Å². The van der Waals surface area contributed by atoms with Gasteiger partial charge in [0.25, 0.3) is 0 Å². The number of carbonyl (C=O) groups excluding carboxylic acids is 1. The molecular weight excluding hydrogens is 228 g/mol. The molecule has 1 aromatic carbocycles. The first-order valence-corrected chi connectivity index (χ1v) is 6.38. The Hall–Kier alpha value is -1.55. The molecule has 1 amide bonds. The van der Waals surface area contributed by atoms with Crippen LogP contribution in [0.5, 0.6) is 5.75 Å². The monoisotopic (exact) mass is 248 g/mol. The maximum absolute atomic E-state index is 11.7. The van der Waals surface area contributed by atoms with Gasteiger partial charge in [-0.3, -0.25) is 4.79 Å². The molecule has 0 radical (unpaired) electrons. The van der Waals surface area contributed by atoms with E-state index in [1.54, 1.807) is 7.05 Å². The second kappa shape index (κ2) is 5.87. The van der Waals surface area contributed by atoms with Crippen molar-refractivity contribution in [2.75, 3.05) is 20.2 Å². The van der Waals surface area contributed by atoms with Crippen molar-refractivity contribution in [1.82, 2.24) is 10.6 Å². The minimum Gasteiger partial charge on any atom is -0.493 e. The van der Waals surface area contributed by atoms with E-state index in [2.05, 4.69) is 23.6 Å². The molecule has 2 rings (SSSR count). The SMILES string of the molecule is CNCC(=O)NC1CCCOc2ccc(C)cc21. The fourth-order valence-corrected chi connectivity index (χ4v) is 2.25. The van der Waals surface area contributed by atoms with Gasteiger partial charge in [0.05, 0.1) is 19.2 Å². The number of fused-ring (bicyclic) bond motifs is 1. The molecule has 0 fully saturated rings. The lowest BCUT2D eigenvalue weighted by Crippen LogP contribution is -2.35. The average molecular weight is 248 g/mol. The van der Waals surface area contributed by atoms with E-state index in [4.69, 9.17) is 4.74 Å². The van der Waals surface area contributed by atoms with Crippen molar-refractivity contribution in [1.29, 1.82) is 0 Å². The molecule has 1 aliphatic heterocycles. The molecule has 98 valence electrons. The van der Waals surface area contributed by atoms with E-state index in [-0.39, 0.29) is 11.9 Å². The van der Waals surface area contributed by atoms with Gasteiger partial charge in [-0.2, -0.15) is 0 Å². The smallest absolute Gasteiger partial charge is 0.234 e. The summed E-state index contributed by atoms with van der Waals surface area (Å²) in [4.78, 5) is 11.7. The largest absolute Gasteiger partial charge is 0.493 e. The Bertz CT molecular complexity index is 432. The highest BCUT2D eigenvalue weighted by Gasteiger charge is 2.21. The predicted octanol–water partition coefficient (Wildman–Crippen LogP) is 1.54. The normalized spacial score (nSPS) is 18.4. The van der Waals surface area contributed by atoms with Crippen LogP contribution in [0.3, 0.4) is 0 Å². The Morgan fingerprint density at radius 1 is 1.50 bits per heavy atom. The van der Waals surface area contributed by atoms with Crippen molar-refractivity contribution in [2.24, 2.45) is 0 Å². The number of carbonyl (C=O) groups is 1. The van der Waals surface area contributed by atoms with Gasteiger partial charge in [0, 0.05) is 5.56 Å². The van der Waals surface area contributed by atoms with Crippen molar-refractivity contribution >= 4 is 5.91 Å². The van der Waals surface area contributed by atoms with Crippen molar-refractivity contribution in [3.8, 4) is 5.75 Å². The van der Waals surface area contributed by atoms with Gasteiger partial charge in [-0.1, -0.05) is 17.7 Å².